The first-order valence-corrected chi connectivity index (χ1v) is 10.2. The van der Waals surface area contributed by atoms with E-state index >= 15 is 0 Å². The van der Waals surface area contributed by atoms with Crippen LogP contribution >= 0.6 is 0 Å². The van der Waals surface area contributed by atoms with Gasteiger partial charge in [-0.1, -0.05) is 30.3 Å². The second kappa shape index (κ2) is 9.00. The monoisotopic (exact) mass is 418 g/mol. The van der Waals surface area contributed by atoms with Gasteiger partial charge in [-0.2, -0.15) is 0 Å². The number of carbonyl (C=O) groups excluding carboxylic acids is 2. The van der Waals surface area contributed by atoms with E-state index in [0.717, 1.165) is 11.1 Å². The summed E-state index contributed by atoms with van der Waals surface area (Å²) in [6.07, 6.45) is 0.517. The molecule has 1 aliphatic heterocycles. The molecule has 2 N–H and O–H groups in total. The summed E-state index contributed by atoms with van der Waals surface area (Å²) < 4.78 is 18.9. The van der Waals surface area contributed by atoms with Crippen molar-refractivity contribution in [2.75, 3.05) is 11.9 Å². The number of amides is 2. The lowest BCUT2D eigenvalue weighted by Gasteiger charge is -2.26. The first-order chi connectivity index (χ1) is 15.0. The molecule has 0 bridgehead atoms. The van der Waals surface area contributed by atoms with Crippen molar-refractivity contribution in [2.24, 2.45) is 5.92 Å². The van der Waals surface area contributed by atoms with E-state index < -0.39 is 5.82 Å². The Morgan fingerprint density at radius 2 is 1.77 bits per heavy atom. The molecule has 6 heteroatoms. The quantitative estimate of drug-likeness (QED) is 0.641. The summed E-state index contributed by atoms with van der Waals surface area (Å²) in [5.74, 6) is -0.402. The Balaban J connectivity index is 1.41. The predicted octanol–water partition coefficient (Wildman–Crippen LogP) is 4.51. The molecule has 0 aliphatic carbocycles. The van der Waals surface area contributed by atoms with Gasteiger partial charge in [-0.25, -0.2) is 4.39 Å². The minimum atomic E-state index is -0.395. The van der Waals surface area contributed by atoms with Crippen molar-refractivity contribution >= 4 is 17.5 Å². The van der Waals surface area contributed by atoms with Crippen molar-refractivity contribution in [1.82, 2.24) is 5.32 Å². The minimum absolute atomic E-state index is 0.0669. The summed E-state index contributed by atoms with van der Waals surface area (Å²) in [6.45, 7) is 2.26. The Morgan fingerprint density at radius 1 is 1.03 bits per heavy atom. The summed E-state index contributed by atoms with van der Waals surface area (Å²) in [7, 11) is 0. The van der Waals surface area contributed by atoms with Crippen molar-refractivity contribution in [3.63, 3.8) is 0 Å². The molecule has 5 nitrogen and oxygen atoms in total. The van der Waals surface area contributed by atoms with Crippen molar-refractivity contribution < 1.29 is 18.7 Å². The fourth-order valence-electron chi connectivity index (χ4n) is 3.60. The van der Waals surface area contributed by atoms with Gasteiger partial charge >= 0.3 is 0 Å². The molecular weight excluding hydrogens is 395 g/mol. The third-order valence-corrected chi connectivity index (χ3v) is 5.36. The van der Waals surface area contributed by atoms with Crippen LogP contribution in [0.2, 0.25) is 0 Å². The summed E-state index contributed by atoms with van der Waals surface area (Å²) >= 11 is 0. The van der Waals surface area contributed by atoms with Gasteiger partial charge in [0.15, 0.2) is 0 Å². The van der Waals surface area contributed by atoms with Crippen LogP contribution in [0.15, 0.2) is 72.8 Å². The summed E-state index contributed by atoms with van der Waals surface area (Å²) in [5, 5.41) is 5.86. The first kappa shape index (κ1) is 20.6. The molecule has 4 rings (SSSR count). The Kier molecular flexibility index (Phi) is 5.98. The van der Waals surface area contributed by atoms with Crippen LogP contribution in [0, 0.1) is 11.7 Å². The molecule has 3 aromatic rings. The Morgan fingerprint density at radius 3 is 2.52 bits per heavy atom. The largest absolute Gasteiger partial charge is 0.492 e. The molecule has 1 heterocycles. The molecule has 31 heavy (non-hydrogen) atoms. The number of hydrogen-bond acceptors (Lipinski definition) is 3. The molecule has 0 unspecified atom stereocenters. The van der Waals surface area contributed by atoms with Crippen LogP contribution in [0.4, 0.5) is 10.1 Å². The van der Waals surface area contributed by atoms with E-state index in [1.54, 1.807) is 12.1 Å². The van der Waals surface area contributed by atoms with Crippen LogP contribution in [0.1, 0.15) is 34.5 Å². The molecule has 0 saturated carbocycles. The number of nitrogens with one attached hydrogen (secondary N) is 2. The number of rotatable bonds is 5. The maximum absolute atomic E-state index is 13.1. The maximum Gasteiger partial charge on any atom is 0.255 e. The molecule has 0 fully saturated rings. The van der Waals surface area contributed by atoms with E-state index in [4.69, 9.17) is 4.74 Å². The summed E-state index contributed by atoms with van der Waals surface area (Å²) in [4.78, 5) is 25.2. The summed E-state index contributed by atoms with van der Waals surface area (Å²) in [6, 6.07) is 20.4. The van der Waals surface area contributed by atoms with Crippen LogP contribution in [0.25, 0.3) is 0 Å². The van der Waals surface area contributed by atoms with Gasteiger partial charge in [-0.15, -0.1) is 0 Å². The lowest BCUT2D eigenvalue weighted by Crippen LogP contribution is -2.38. The molecule has 2 atom stereocenters. The highest BCUT2D eigenvalue weighted by Gasteiger charge is 2.27. The Labute approximate surface area is 180 Å². The number of anilines is 1. The Bertz CT molecular complexity index is 1080. The fourth-order valence-corrected chi connectivity index (χ4v) is 3.60. The number of ether oxygens (including phenoxy) is 1. The minimum Gasteiger partial charge on any atom is -0.492 e. The highest BCUT2D eigenvalue weighted by atomic mass is 19.1. The van der Waals surface area contributed by atoms with E-state index in [2.05, 4.69) is 10.6 Å². The Hall–Kier alpha value is -3.67. The maximum atomic E-state index is 13.1. The van der Waals surface area contributed by atoms with Gasteiger partial charge in [0.25, 0.3) is 5.91 Å². The van der Waals surface area contributed by atoms with Gasteiger partial charge in [0.1, 0.15) is 18.2 Å². The first-order valence-electron chi connectivity index (χ1n) is 10.2. The predicted molar refractivity (Wildman–Crippen MR) is 116 cm³/mol. The highest BCUT2D eigenvalue weighted by molar-refractivity contribution is 6.04. The molecule has 0 saturated heterocycles. The number of fused-ring (bicyclic) bond motifs is 1. The van der Waals surface area contributed by atoms with E-state index in [0.29, 0.717) is 30.0 Å². The SMILES string of the molecule is C[C@@H](NC(=O)[C@@H]1COc2ccc(NC(=O)c3ccc(F)cc3)cc2C1)c1ccccc1. The molecule has 0 spiro atoms. The van der Waals surface area contributed by atoms with Crippen molar-refractivity contribution in [2.45, 2.75) is 19.4 Å². The van der Waals surface area contributed by atoms with Crippen LogP contribution in [0.5, 0.6) is 5.75 Å². The van der Waals surface area contributed by atoms with Crippen molar-refractivity contribution in [1.29, 1.82) is 0 Å². The lowest BCUT2D eigenvalue weighted by molar-refractivity contribution is -0.126. The van der Waals surface area contributed by atoms with Crippen LogP contribution < -0.4 is 15.4 Å². The van der Waals surface area contributed by atoms with Gasteiger partial charge in [0.05, 0.1) is 12.0 Å². The zero-order valence-electron chi connectivity index (χ0n) is 17.1. The van der Waals surface area contributed by atoms with E-state index in [-0.39, 0.29) is 23.8 Å². The van der Waals surface area contributed by atoms with Gasteiger partial charge in [0, 0.05) is 11.3 Å². The topological polar surface area (TPSA) is 67.4 Å². The zero-order valence-corrected chi connectivity index (χ0v) is 17.1. The molecular formula is C25H23FN2O3. The average molecular weight is 418 g/mol. The van der Waals surface area contributed by atoms with E-state index in [9.17, 15) is 14.0 Å². The third-order valence-electron chi connectivity index (χ3n) is 5.36. The fraction of sp³-hybridized carbons (Fsp3) is 0.200. The number of halogens is 1. The summed E-state index contributed by atoms with van der Waals surface area (Å²) in [5.41, 5.74) is 2.85. The molecule has 158 valence electrons. The lowest BCUT2D eigenvalue weighted by atomic mass is 9.95. The molecule has 1 aliphatic rings. The number of carbonyl (C=O) groups is 2. The van der Waals surface area contributed by atoms with Crippen molar-refractivity contribution in [3.05, 3.63) is 95.3 Å². The van der Waals surface area contributed by atoms with Gasteiger partial charge in [-0.05, 0) is 66.9 Å². The number of benzene rings is 3. The van der Waals surface area contributed by atoms with Crippen LogP contribution in [0.3, 0.4) is 0 Å². The molecule has 2 amide bonds. The third kappa shape index (κ3) is 4.91. The molecule has 0 radical (unpaired) electrons. The zero-order chi connectivity index (χ0) is 21.8. The smallest absolute Gasteiger partial charge is 0.255 e. The van der Waals surface area contributed by atoms with Crippen molar-refractivity contribution in [3.8, 4) is 5.75 Å². The molecule has 3 aromatic carbocycles. The van der Waals surface area contributed by atoms with Gasteiger partial charge in [0.2, 0.25) is 5.91 Å². The normalized spacial score (nSPS) is 15.9. The second-order valence-corrected chi connectivity index (χ2v) is 7.64. The standard InChI is InChI=1S/C25H23FN2O3/c1-16(17-5-3-2-4-6-17)27-25(30)20-13-19-14-22(11-12-23(19)31-15-20)28-24(29)18-7-9-21(26)10-8-18/h2-12,14,16,20H,13,15H2,1H3,(H,27,30)(H,28,29)/t16-,20+/m1/s1. The van der Waals surface area contributed by atoms with E-state index in [1.807, 2.05) is 43.3 Å². The van der Waals surface area contributed by atoms with Crippen LogP contribution in [-0.2, 0) is 11.2 Å². The highest BCUT2D eigenvalue weighted by Crippen LogP contribution is 2.30. The van der Waals surface area contributed by atoms with Gasteiger partial charge in [-0.3, -0.25) is 9.59 Å². The van der Waals surface area contributed by atoms with Gasteiger partial charge < -0.3 is 15.4 Å². The molecule has 0 aromatic heterocycles. The second-order valence-electron chi connectivity index (χ2n) is 7.64. The number of hydrogen-bond donors (Lipinski definition) is 2. The average Bonchev–Trinajstić information content (AvgIpc) is 2.79. The van der Waals surface area contributed by atoms with Crippen LogP contribution in [-0.4, -0.2) is 18.4 Å². The van der Waals surface area contributed by atoms with E-state index in [1.165, 1.54) is 24.3 Å².